The van der Waals surface area contributed by atoms with Gasteiger partial charge >= 0.3 is 0 Å². The van der Waals surface area contributed by atoms with Crippen LogP contribution in [0.15, 0.2) is 29.4 Å². The molecular formula is C13H24ClN3O2. The molecule has 0 aromatic heterocycles. The van der Waals surface area contributed by atoms with Gasteiger partial charge in [0.25, 0.3) is 0 Å². The molecule has 0 saturated carbocycles. The first kappa shape index (κ1) is 20.0. The molecule has 1 unspecified atom stereocenters. The first-order valence-corrected chi connectivity index (χ1v) is 5.86. The van der Waals surface area contributed by atoms with E-state index in [-0.39, 0.29) is 24.2 Å². The molecule has 0 aliphatic rings. The fraction of sp³-hybridized carbons (Fsp3) is 0.462. The fourth-order valence-corrected chi connectivity index (χ4v) is 1.67. The molecule has 19 heavy (non-hydrogen) atoms. The number of hydrogen-bond donors (Lipinski definition) is 4. The maximum Gasteiger partial charge on any atom is 0.146 e. The van der Waals surface area contributed by atoms with Gasteiger partial charge in [-0.3, -0.25) is 0 Å². The van der Waals surface area contributed by atoms with Crippen LogP contribution in [0.5, 0.6) is 0 Å². The fourth-order valence-electron chi connectivity index (χ4n) is 1.67. The zero-order valence-corrected chi connectivity index (χ0v) is 12.4. The molecule has 0 saturated heterocycles. The molecule has 0 spiro atoms. The first-order valence-electron chi connectivity index (χ1n) is 5.86. The molecule has 0 fully saturated rings. The van der Waals surface area contributed by atoms with Gasteiger partial charge < -0.3 is 16.1 Å². The van der Waals surface area contributed by atoms with E-state index in [0.717, 1.165) is 12.0 Å². The predicted octanol–water partition coefficient (Wildman–Crippen LogP) is 2.49. The van der Waals surface area contributed by atoms with Gasteiger partial charge in [-0.1, -0.05) is 50.2 Å². The van der Waals surface area contributed by atoms with Crippen molar-refractivity contribution in [2.24, 2.45) is 22.7 Å². The summed E-state index contributed by atoms with van der Waals surface area (Å²) in [6, 6.07) is 8.30. The Morgan fingerprint density at radius 3 is 2.00 bits per heavy atom. The van der Waals surface area contributed by atoms with Gasteiger partial charge in [0.2, 0.25) is 0 Å². The highest BCUT2D eigenvalue weighted by molar-refractivity contribution is 5.86. The first-order chi connectivity index (χ1) is 8.54. The Hall–Kier alpha value is -1.30. The van der Waals surface area contributed by atoms with Crippen molar-refractivity contribution in [3.8, 4) is 0 Å². The molecule has 0 radical (unpaired) electrons. The Labute approximate surface area is 120 Å². The molecule has 1 aromatic rings. The summed E-state index contributed by atoms with van der Waals surface area (Å²) in [5.74, 6) is 4.36. The third-order valence-electron chi connectivity index (χ3n) is 2.68. The number of benzene rings is 1. The van der Waals surface area contributed by atoms with Crippen molar-refractivity contribution >= 4 is 18.2 Å². The van der Waals surface area contributed by atoms with Crippen molar-refractivity contribution in [2.75, 3.05) is 0 Å². The van der Waals surface area contributed by atoms with Crippen molar-refractivity contribution < 1.29 is 10.4 Å². The highest BCUT2D eigenvalue weighted by Crippen LogP contribution is 2.17. The van der Waals surface area contributed by atoms with Crippen molar-refractivity contribution in [1.82, 2.24) is 0 Å². The van der Waals surface area contributed by atoms with Crippen LogP contribution in [0.25, 0.3) is 0 Å². The molecule has 0 aliphatic heterocycles. The lowest BCUT2D eigenvalue weighted by Crippen LogP contribution is -2.19. The Balaban J connectivity index is 0. The van der Waals surface area contributed by atoms with E-state index in [1.54, 1.807) is 0 Å². The molecule has 110 valence electrons. The van der Waals surface area contributed by atoms with E-state index < -0.39 is 0 Å². The molecule has 0 aliphatic carbocycles. The molecular weight excluding hydrogens is 266 g/mol. The molecule has 0 heterocycles. The molecule has 6 N–H and O–H groups in total. The minimum atomic E-state index is -0.0434. The standard InChI is InChI=1S/C13H20N2O.ClH.H3NO/c1-9(2)8-11-4-6-12(7-5-11)10(3)13(14)15-16;;1-2/h4-7,9-10,16H,8H2,1-3H3,(H2,14,15);1H;2H,1H2. The zero-order valence-electron chi connectivity index (χ0n) is 11.6. The SMILES string of the molecule is CC(C)Cc1ccc(C(C)C(N)=NO)cc1.Cl.NO. The van der Waals surface area contributed by atoms with E-state index in [1.165, 1.54) is 5.56 Å². The van der Waals surface area contributed by atoms with Crippen LogP contribution in [0.1, 0.15) is 37.8 Å². The van der Waals surface area contributed by atoms with Crippen molar-refractivity contribution in [2.45, 2.75) is 33.1 Å². The van der Waals surface area contributed by atoms with E-state index in [1.807, 2.05) is 19.1 Å². The lowest BCUT2D eigenvalue weighted by Gasteiger charge is -2.11. The summed E-state index contributed by atoms with van der Waals surface area (Å²) in [6.45, 7) is 6.33. The van der Waals surface area contributed by atoms with Crippen LogP contribution in [0, 0.1) is 5.92 Å². The van der Waals surface area contributed by atoms with Crippen LogP contribution in [-0.4, -0.2) is 16.3 Å². The number of hydrogen-bond acceptors (Lipinski definition) is 4. The van der Waals surface area contributed by atoms with Gasteiger partial charge in [-0.15, -0.1) is 12.4 Å². The van der Waals surface area contributed by atoms with E-state index >= 15 is 0 Å². The average molecular weight is 290 g/mol. The van der Waals surface area contributed by atoms with Crippen LogP contribution in [0.2, 0.25) is 0 Å². The van der Waals surface area contributed by atoms with Crippen LogP contribution in [0.3, 0.4) is 0 Å². The normalized spacial score (nSPS) is 12.2. The van der Waals surface area contributed by atoms with E-state index in [2.05, 4.69) is 37.0 Å². The second kappa shape index (κ2) is 10.6. The van der Waals surface area contributed by atoms with Crippen LogP contribution in [0.4, 0.5) is 0 Å². The highest BCUT2D eigenvalue weighted by Gasteiger charge is 2.10. The summed E-state index contributed by atoms with van der Waals surface area (Å²) in [7, 11) is 0. The number of oxime groups is 1. The third kappa shape index (κ3) is 7.00. The zero-order chi connectivity index (χ0) is 14.1. The van der Waals surface area contributed by atoms with Gasteiger partial charge in [0.15, 0.2) is 0 Å². The Kier molecular flexibility index (Phi) is 11.2. The summed E-state index contributed by atoms with van der Waals surface area (Å²) in [5, 5.41) is 18.1. The maximum absolute atomic E-state index is 8.60. The minimum Gasteiger partial charge on any atom is -0.409 e. The summed E-state index contributed by atoms with van der Waals surface area (Å²) in [5.41, 5.74) is 7.96. The van der Waals surface area contributed by atoms with E-state index in [0.29, 0.717) is 5.92 Å². The van der Waals surface area contributed by atoms with Crippen LogP contribution in [-0.2, 0) is 6.42 Å². The molecule has 5 nitrogen and oxygen atoms in total. The molecule has 1 atom stereocenters. The number of nitrogens with zero attached hydrogens (tertiary/aromatic N) is 1. The van der Waals surface area contributed by atoms with Gasteiger partial charge in [0, 0.05) is 5.92 Å². The Bertz CT molecular complexity index is 367. The Morgan fingerprint density at radius 2 is 1.63 bits per heavy atom. The lowest BCUT2D eigenvalue weighted by atomic mass is 9.96. The quantitative estimate of drug-likeness (QED) is 0.296. The monoisotopic (exact) mass is 289 g/mol. The van der Waals surface area contributed by atoms with Gasteiger partial charge in [0.1, 0.15) is 5.84 Å². The summed E-state index contributed by atoms with van der Waals surface area (Å²) in [6.07, 6.45) is 1.08. The van der Waals surface area contributed by atoms with Crippen molar-refractivity contribution in [3.63, 3.8) is 0 Å². The number of nitrogens with two attached hydrogens (primary N) is 2. The largest absolute Gasteiger partial charge is 0.409 e. The maximum atomic E-state index is 8.60. The smallest absolute Gasteiger partial charge is 0.146 e. The number of halogens is 1. The van der Waals surface area contributed by atoms with Crippen LogP contribution < -0.4 is 11.6 Å². The lowest BCUT2D eigenvalue weighted by molar-refractivity contribution is 0.311. The molecule has 0 amide bonds. The number of rotatable bonds is 4. The van der Waals surface area contributed by atoms with Crippen LogP contribution >= 0.6 is 12.4 Å². The van der Waals surface area contributed by atoms with E-state index in [4.69, 9.17) is 16.1 Å². The van der Waals surface area contributed by atoms with Gasteiger partial charge in [-0.2, -0.15) is 0 Å². The molecule has 0 bridgehead atoms. The predicted molar refractivity (Wildman–Crippen MR) is 80.0 cm³/mol. The molecule has 6 heteroatoms. The van der Waals surface area contributed by atoms with Crippen molar-refractivity contribution in [3.05, 3.63) is 35.4 Å². The van der Waals surface area contributed by atoms with Gasteiger partial charge in [-0.25, -0.2) is 5.90 Å². The minimum absolute atomic E-state index is 0. The van der Waals surface area contributed by atoms with Gasteiger partial charge in [-0.05, 0) is 23.5 Å². The van der Waals surface area contributed by atoms with E-state index in [9.17, 15) is 0 Å². The summed E-state index contributed by atoms with van der Waals surface area (Å²) < 4.78 is 0. The number of amidine groups is 1. The topological polar surface area (TPSA) is 105 Å². The van der Waals surface area contributed by atoms with Crippen molar-refractivity contribution in [1.29, 1.82) is 0 Å². The summed E-state index contributed by atoms with van der Waals surface area (Å²) >= 11 is 0. The average Bonchev–Trinajstić information content (AvgIpc) is 2.39. The summed E-state index contributed by atoms with van der Waals surface area (Å²) in [4.78, 5) is 0. The molecule has 1 aromatic carbocycles. The highest BCUT2D eigenvalue weighted by atomic mass is 35.5. The second-order valence-corrected chi connectivity index (χ2v) is 4.59. The van der Waals surface area contributed by atoms with Gasteiger partial charge in [0.05, 0.1) is 0 Å². The second-order valence-electron chi connectivity index (χ2n) is 4.59. The third-order valence-corrected chi connectivity index (χ3v) is 2.68. The molecule has 1 rings (SSSR count). The Morgan fingerprint density at radius 1 is 1.16 bits per heavy atom.